The number of aromatic hydroxyl groups is 2. The maximum absolute atomic E-state index is 11.3. The van der Waals surface area contributed by atoms with E-state index in [2.05, 4.69) is 12.1 Å². The minimum absolute atomic E-state index is 0.000769. The highest BCUT2D eigenvalue weighted by atomic mass is 16.3. The predicted molar refractivity (Wildman–Crippen MR) is 99.4 cm³/mol. The number of phenols is 2. The molecule has 0 unspecified atom stereocenters. The van der Waals surface area contributed by atoms with Crippen molar-refractivity contribution in [3.63, 3.8) is 0 Å². The fraction of sp³-hybridized carbons (Fsp3) is 0.0455. The van der Waals surface area contributed by atoms with Gasteiger partial charge in [-0.2, -0.15) is 0 Å². The van der Waals surface area contributed by atoms with E-state index in [0.717, 1.165) is 32.7 Å². The van der Waals surface area contributed by atoms with Crippen molar-refractivity contribution in [2.75, 3.05) is 0 Å². The summed E-state index contributed by atoms with van der Waals surface area (Å²) in [6, 6.07) is 20.8. The molecule has 4 aromatic carbocycles. The highest BCUT2D eigenvalue weighted by Gasteiger charge is 2.07. The summed E-state index contributed by atoms with van der Waals surface area (Å²) in [6.07, 6.45) is 1.40. The van der Waals surface area contributed by atoms with E-state index in [9.17, 15) is 15.0 Å². The van der Waals surface area contributed by atoms with Crippen molar-refractivity contribution in [3.8, 4) is 11.5 Å². The summed E-state index contributed by atoms with van der Waals surface area (Å²) < 4.78 is 0. The Morgan fingerprint density at radius 3 is 2.20 bits per heavy atom. The van der Waals surface area contributed by atoms with Crippen molar-refractivity contribution in [3.05, 3.63) is 83.4 Å². The van der Waals surface area contributed by atoms with E-state index in [1.54, 1.807) is 24.3 Å². The number of aldehydes is 1. The molecule has 0 radical (unpaired) electrons. The smallest absolute Gasteiger partial charge is 0.154 e. The number of rotatable bonds is 3. The van der Waals surface area contributed by atoms with Crippen LogP contribution in [0.25, 0.3) is 21.5 Å². The second-order valence-electron chi connectivity index (χ2n) is 6.21. The first-order chi connectivity index (χ1) is 12.1. The number of hydrogen-bond donors (Lipinski definition) is 2. The van der Waals surface area contributed by atoms with Crippen LogP contribution in [0.15, 0.2) is 66.7 Å². The van der Waals surface area contributed by atoms with E-state index >= 15 is 0 Å². The Kier molecular flexibility index (Phi) is 3.62. The third kappa shape index (κ3) is 2.81. The number of hydrogen-bond acceptors (Lipinski definition) is 3. The minimum atomic E-state index is 0.000769. The normalized spacial score (nSPS) is 11.0. The van der Waals surface area contributed by atoms with E-state index in [4.69, 9.17) is 0 Å². The summed E-state index contributed by atoms with van der Waals surface area (Å²) in [5.41, 5.74) is 2.49. The van der Waals surface area contributed by atoms with E-state index < -0.39 is 0 Å². The molecule has 4 aromatic rings. The standard InChI is InChI=1S/C22H16O3/c23-13-21-20-11-15(2-4-17(20)6-8-22(21)25)9-14-1-3-16-5-7-19(24)12-18(16)10-14/h1-8,10-13,24-25H,9H2. The molecular formula is C22H16O3. The molecule has 0 amide bonds. The van der Waals surface area contributed by atoms with Crippen molar-refractivity contribution in [2.24, 2.45) is 0 Å². The lowest BCUT2D eigenvalue weighted by molar-refractivity contribution is 0.112. The van der Waals surface area contributed by atoms with Crippen LogP contribution < -0.4 is 0 Å². The van der Waals surface area contributed by atoms with Crippen molar-refractivity contribution < 1.29 is 15.0 Å². The first kappa shape index (κ1) is 15.2. The Morgan fingerprint density at radius 2 is 1.40 bits per heavy atom. The molecule has 0 fully saturated rings. The Hall–Kier alpha value is -3.33. The van der Waals surface area contributed by atoms with Gasteiger partial charge in [-0.05, 0) is 63.4 Å². The van der Waals surface area contributed by atoms with Gasteiger partial charge in [0.2, 0.25) is 0 Å². The fourth-order valence-electron chi connectivity index (χ4n) is 3.24. The van der Waals surface area contributed by atoms with Gasteiger partial charge in [0.15, 0.2) is 6.29 Å². The number of fused-ring (bicyclic) bond motifs is 2. The third-order valence-electron chi connectivity index (χ3n) is 4.52. The van der Waals surface area contributed by atoms with Crippen LogP contribution in [0.2, 0.25) is 0 Å². The van der Waals surface area contributed by atoms with Crippen LogP contribution in [-0.2, 0) is 6.42 Å². The van der Waals surface area contributed by atoms with Crippen molar-refractivity contribution >= 4 is 27.8 Å². The zero-order valence-corrected chi connectivity index (χ0v) is 13.4. The number of carbonyl (C=O) groups is 1. The summed E-state index contributed by atoms with van der Waals surface area (Å²) in [7, 11) is 0. The summed E-state index contributed by atoms with van der Waals surface area (Å²) in [4.78, 5) is 11.3. The molecule has 0 heterocycles. The average Bonchev–Trinajstić information content (AvgIpc) is 2.61. The Labute approximate surface area is 144 Å². The molecular weight excluding hydrogens is 312 g/mol. The minimum Gasteiger partial charge on any atom is -0.508 e. The molecule has 0 atom stereocenters. The number of carbonyl (C=O) groups excluding carboxylic acids is 1. The Bertz CT molecular complexity index is 1110. The third-order valence-corrected chi connectivity index (χ3v) is 4.52. The van der Waals surface area contributed by atoms with E-state index in [0.29, 0.717) is 18.3 Å². The zero-order chi connectivity index (χ0) is 17.4. The maximum atomic E-state index is 11.3. The van der Waals surface area contributed by atoms with Gasteiger partial charge in [0.1, 0.15) is 11.5 Å². The highest BCUT2D eigenvalue weighted by Crippen LogP contribution is 2.28. The first-order valence-corrected chi connectivity index (χ1v) is 8.05. The molecule has 25 heavy (non-hydrogen) atoms. The topological polar surface area (TPSA) is 57.5 Å². The molecule has 2 N–H and O–H groups in total. The molecule has 0 aliphatic carbocycles. The van der Waals surface area contributed by atoms with Gasteiger partial charge in [-0.25, -0.2) is 0 Å². The largest absolute Gasteiger partial charge is 0.508 e. The van der Waals surface area contributed by atoms with Gasteiger partial charge < -0.3 is 10.2 Å². The molecule has 0 saturated heterocycles. The van der Waals surface area contributed by atoms with Crippen LogP contribution in [0.3, 0.4) is 0 Å². The second kappa shape index (κ2) is 5.95. The van der Waals surface area contributed by atoms with Gasteiger partial charge in [0, 0.05) is 0 Å². The fourth-order valence-corrected chi connectivity index (χ4v) is 3.24. The van der Waals surface area contributed by atoms with Gasteiger partial charge in [-0.15, -0.1) is 0 Å². The van der Waals surface area contributed by atoms with E-state index in [-0.39, 0.29) is 11.5 Å². The van der Waals surface area contributed by atoms with Crippen LogP contribution in [0.5, 0.6) is 11.5 Å². The molecule has 0 aromatic heterocycles. The summed E-state index contributed by atoms with van der Waals surface area (Å²) >= 11 is 0. The lowest BCUT2D eigenvalue weighted by Gasteiger charge is -2.08. The van der Waals surface area contributed by atoms with Gasteiger partial charge in [-0.1, -0.05) is 42.5 Å². The molecule has 0 bridgehead atoms. The molecule has 0 aliphatic rings. The summed E-state index contributed by atoms with van der Waals surface area (Å²) in [5, 5.41) is 23.3. The Morgan fingerprint density at radius 1 is 0.720 bits per heavy atom. The summed E-state index contributed by atoms with van der Waals surface area (Å²) in [5.74, 6) is 0.252. The van der Waals surface area contributed by atoms with Crippen LogP contribution >= 0.6 is 0 Å². The summed E-state index contributed by atoms with van der Waals surface area (Å²) in [6.45, 7) is 0. The zero-order valence-electron chi connectivity index (χ0n) is 13.4. The van der Waals surface area contributed by atoms with Gasteiger partial charge in [-0.3, -0.25) is 4.79 Å². The van der Waals surface area contributed by atoms with E-state index in [1.807, 2.05) is 30.3 Å². The average molecular weight is 328 g/mol. The molecule has 0 saturated carbocycles. The molecule has 4 rings (SSSR count). The molecule has 0 aliphatic heterocycles. The second-order valence-corrected chi connectivity index (χ2v) is 6.21. The lowest BCUT2D eigenvalue weighted by Crippen LogP contribution is -1.91. The molecule has 3 heteroatoms. The van der Waals surface area contributed by atoms with Gasteiger partial charge >= 0.3 is 0 Å². The van der Waals surface area contributed by atoms with Crippen LogP contribution in [0.4, 0.5) is 0 Å². The number of phenolic OH excluding ortho intramolecular Hbond substituents is 2. The SMILES string of the molecule is O=Cc1c(O)ccc2ccc(Cc3ccc4ccc(O)cc4c3)cc12. The lowest BCUT2D eigenvalue weighted by atomic mass is 9.97. The molecule has 0 spiro atoms. The van der Waals surface area contributed by atoms with Crippen molar-refractivity contribution in [1.29, 1.82) is 0 Å². The Balaban J connectivity index is 1.76. The van der Waals surface area contributed by atoms with Crippen LogP contribution in [-0.4, -0.2) is 16.5 Å². The highest BCUT2D eigenvalue weighted by molar-refractivity contribution is 6.01. The predicted octanol–water partition coefficient (Wildman–Crippen LogP) is 4.81. The molecule has 122 valence electrons. The van der Waals surface area contributed by atoms with Gasteiger partial charge in [0.05, 0.1) is 5.56 Å². The quantitative estimate of drug-likeness (QED) is 0.531. The molecule has 3 nitrogen and oxygen atoms in total. The monoisotopic (exact) mass is 328 g/mol. The maximum Gasteiger partial charge on any atom is 0.154 e. The van der Waals surface area contributed by atoms with Crippen LogP contribution in [0, 0.1) is 0 Å². The van der Waals surface area contributed by atoms with Gasteiger partial charge in [0.25, 0.3) is 0 Å². The first-order valence-electron chi connectivity index (χ1n) is 8.05. The van der Waals surface area contributed by atoms with Crippen LogP contribution in [0.1, 0.15) is 21.5 Å². The van der Waals surface area contributed by atoms with Crippen molar-refractivity contribution in [1.82, 2.24) is 0 Å². The van der Waals surface area contributed by atoms with E-state index in [1.165, 1.54) is 0 Å². The number of benzene rings is 4. The van der Waals surface area contributed by atoms with Crippen molar-refractivity contribution in [2.45, 2.75) is 6.42 Å².